The third kappa shape index (κ3) is 3.94. The Morgan fingerprint density at radius 2 is 2.14 bits per heavy atom. The Kier molecular flexibility index (Phi) is 4.57. The predicted octanol–water partition coefficient (Wildman–Crippen LogP) is 3.45. The van der Waals surface area contributed by atoms with Crippen LogP contribution in [0.3, 0.4) is 0 Å². The van der Waals surface area contributed by atoms with Crippen LogP contribution in [0.5, 0.6) is 0 Å². The smallest absolute Gasteiger partial charge is 0.410 e. The Morgan fingerprint density at radius 1 is 1.38 bits per heavy atom. The van der Waals surface area contributed by atoms with Gasteiger partial charge in [0.2, 0.25) is 5.91 Å². The molecule has 1 saturated heterocycles. The predicted molar refractivity (Wildman–Crippen MR) is 111 cm³/mol. The van der Waals surface area contributed by atoms with E-state index < -0.39 is 5.60 Å². The fourth-order valence-corrected chi connectivity index (χ4v) is 4.18. The molecule has 2 aromatic rings. The molecule has 0 bridgehead atoms. The molecule has 2 atom stereocenters. The summed E-state index contributed by atoms with van der Waals surface area (Å²) in [5, 5.41) is 4.60. The van der Waals surface area contributed by atoms with E-state index in [-0.39, 0.29) is 28.5 Å². The molecule has 2 fully saturated rings. The second-order valence-corrected chi connectivity index (χ2v) is 9.27. The highest BCUT2D eigenvalue weighted by molar-refractivity contribution is 6.30. The summed E-state index contributed by atoms with van der Waals surface area (Å²) in [5.41, 5.74) is 5.17. The van der Waals surface area contributed by atoms with Gasteiger partial charge in [0.1, 0.15) is 22.4 Å². The lowest BCUT2D eigenvalue weighted by molar-refractivity contribution is -0.118. The standard InChI is InChI=1S/C20H24ClN5O3/c1-19(2,3)29-18(28)26-5-4-20(10-26)8-13(20)17(27)25-15-7-11-6-14(21)24-16(22)12(11)9-23-15/h6-7,9,13H,4-5,8,10H2,1-3H3,(H2,22,24)(H,23,25,27)/t13-,20+/m1/s1. The summed E-state index contributed by atoms with van der Waals surface area (Å²) < 4.78 is 5.44. The summed E-state index contributed by atoms with van der Waals surface area (Å²) in [6.07, 6.45) is 2.81. The van der Waals surface area contributed by atoms with E-state index in [1.807, 2.05) is 20.8 Å². The summed E-state index contributed by atoms with van der Waals surface area (Å²) in [7, 11) is 0. The number of hydrogen-bond donors (Lipinski definition) is 2. The Bertz CT molecular complexity index is 1010. The number of aromatic nitrogens is 2. The number of likely N-dealkylation sites (tertiary alicyclic amines) is 1. The number of pyridine rings is 2. The molecule has 29 heavy (non-hydrogen) atoms. The van der Waals surface area contributed by atoms with Gasteiger partial charge in [-0.1, -0.05) is 11.6 Å². The van der Waals surface area contributed by atoms with Gasteiger partial charge >= 0.3 is 6.09 Å². The number of carbonyl (C=O) groups excluding carboxylic acids is 2. The average Bonchev–Trinajstić information content (AvgIpc) is 3.12. The highest BCUT2D eigenvalue weighted by Gasteiger charge is 2.61. The van der Waals surface area contributed by atoms with E-state index in [0.29, 0.717) is 30.1 Å². The number of nitrogens with two attached hydrogens (primary N) is 1. The maximum Gasteiger partial charge on any atom is 0.410 e. The van der Waals surface area contributed by atoms with E-state index in [4.69, 9.17) is 22.1 Å². The number of nitrogen functional groups attached to an aromatic ring is 1. The van der Waals surface area contributed by atoms with Gasteiger partial charge in [-0.15, -0.1) is 0 Å². The number of rotatable bonds is 2. The van der Waals surface area contributed by atoms with Gasteiger partial charge in [-0.3, -0.25) is 4.79 Å². The molecule has 4 rings (SSSR count). The van der Waals surface area contributed by atoms with E-state index in [9.17, 15) is 9.59 Å². The zero-order valence-corrected chi connectivity index (χ0v) is 17.4. The molecule has 3 heterocycles. The zero-order chi connectivity index (χ0) is 21.0. The minimum absolute atomic E-state index is 0.0870. The van der Waals surface area contributed by atoms with Gasteiger partial charge in [-0.25, -0.2) is 14.8 Å². The Balaban J connectivity index is 1.41. The Hall–Kier alpha value is -2.61. The summed E-state index contributed by atoms with van der Waals surface area (Å²) in [5.74, 6) is 0.509. The van der Waals surface area contributed by atoms with Gasteiger partial charge < -0.3 is 20.7 Å². The fourth-order valence-electron chi connectivity index (χ4n) is 3.97. The summed E-state index contributed by atoms with van der Waals surface area (Å²) in [4.78, 5) is 35.0. The van der Waals surface area contributed by atoms with Crippen molar-refractivity contribution in [3.8, 4) is 0 Å². The van der Waals surface area contributed by atoms with Crippen molar-refractivity contribution < 1.29 is 14.3 Å². The SMILES string of the molecule is CC(C)(C)OC(=O)N1CC[C@]2(C[C@@H]2C(=O)Nc2cc3cc(Cl)nc(N)c3cn2)C1. The van der Waals surface area contributed by atoms with Crippen molar-refractivity contribution in [2.24, 2.45) is 11.3 Å². The topological polar surface area (TPSA) is 110 Å². The third-order valence-corrected chi connectivity index (χ3v) is 5.70. The molecule has 0 aromatic carbocycles. The van der Waals surface area contributed by atoms with Crippen molar-refractivity contribution in [2.75, 3.05) is 24.1 Å². The fraction of sp³-hybridized carbons (Fsp3) is 0.500. The van der Waals surface area contributed by atoms with Crippen LogP contribution in [0.1, 0.15) is 33.6 Å². The monoisotopic (exact) mass is 417 g/mol. The normalized spacial score (nSPS) is 23.4. The third-order valence-electron chi connectivity index (χ3n) is 5.51. The van der Waals surface area contributed by atoms with Crippen LogP contribution in [0.2, 0.25) is 5.15 Å². The number of nitrogens with zero attached hydrogens (tertiary/aromatic N) is 3. The first-order chi connectivity index (χ1) is 13.6. The number of carbonyl (C=O) groups is 2. The molecule has 0 unspecified atom stereocenters. The number of anilines is 2. The first kappa shape index (κ1) is 19.7. The second kappa shape index (κ2) is 6.73. The number of halogens is 1. The van der Waals surface area contributed by atoms with Gasteiger partial charge in [-0.05, 0) is 51.1 Å². The molecule has 2 aromatic heterocycles. The van der Waals surface area contributed by atoms with Crippen LogP contribution in [0.25, 0.3) is 10.8 Å². The largest absolute Gasteiger partial charge is 0.444 e. The zero-order valence-electron chi connectivity index (χ0n) is 16.7. The lowest BCUT2D eigenvalue weighted by atomic mass is 10.0. The molecule has 3 N–H and O–H groups in total. The molecule has 2 aliphatic rings. The van der Waals surface area contributed by atoms with Crippen LogP contribution in [0.15, 0.2) is 18.3 Å². The van der Waals surface area contributed by atoms with E-state index in [0.717, 1.165) is 18.2 Å². The number of hydrogen-bond acceptors (Lipinski definition) is 6. The molecule has 1 aliphatic carbocycles. The second-order valence-electron chi connectivity index (χ2n) is 8.88. The van der Waals surface area contributed by atoms with Gasteiger partial charge in [-0.2, -0.15) is 0 Å². The first-order valence-electron chi connectivity index (χ1n) is 9.57. The maximum absolute atomic E-state index is 12.8. The van der Waals surface area contributed by atoms with Crippen LogP contribution in [0.4, 0.5) is 16.4 Å². The van der Waals surface area contributed by atoms with Crippen LogP contribution >= 0.6 is 11.6 Å². The maximum atomic E-state index is 12.8. The van der Waals surface area contributed by atoms with Gasteiger partial charge in [0, 0.05) is 36.0 Å². The van der Waals surface area contributed by atoms with E-state index in [2.05, 4.69) is 15.3 Å². The van der Waals surface area contributed by atoms with Gasteiger partial charge in [0.25, 0.3) is 0 Å². The van der Waals surface area contributed by atoms with Crippen LogP contribution in [-0.4, -0.2) is 45.6 Å². The number of ether oxygens (including phenoxy) is 1. The summed E-state index contributed by atoms with van der Waals surface area (Å²) >= 11 is 5.96. The first-order valence-corrected chi connectivity index (χ1v) is 9.95. The van der Waals surface area contributed by atoms with Crippen molar-refractivity contribution in [2.45, 2.75) is 39.2 Å². The van der Waals surface area contributed by atoms with Gasteiger partial charge in [0.15, 0.2) is 0 Å². The molecule has 9 heteroatoms. The molecule has 0 radical (unpaired) electrons. The Morgan fingerprint density at radius 3 is 2.86 bits per heavy atom. The van der Waals surface area contributed by atoms with Crippen molar-refractivity contribution in [3.05, 3.63) is 23.5 Å². The molecular weight excluding hydrogens is 394 g/mol. The number of nitrogens with one attached hydrogen (secondary N) is 1. The molecule has 1 spiro atoms. The quantitative estimate of drug-likeness (QED) is 0.724. The van der Waals surface area contributed by atoms with Crippen molar-refractivity contribution in [1.82, 2.24) is 14.9 Å². The summed E-state index contributed by atoms with van der Waals surface area (Å²) in [6.45, 7) is 6.69. The average molecular weight is 418 g/mol. The molecule has 8 nitrogen and oxygen atoms in total. The van der Waals surface area contributed by atoms with Crippen LogP contribution in [-0.2, 0) is 9.53 Å². The molecule has 1 aliphatic heterocycles. The molecule has 1 saturated carbocycles. The number of fused-ring (bicyclic) bond motifs is 1. The van der Waals surface area contributed by atoms with E-state index in [1.54, 1.807) is 23.2 Å². The number of amides is 2. The Labute approximate surface area is 173 Å². The van der Waals surface area contributed by atoms with Gasteiger partial charge in [0.05, 0.1) is 0 Å². The van der Waals surface area contributed by atoms with E-state index >= 15 is 0 Å². The molecule has 154 valence electrons. The minimum atomic E-state index is -0.531. The van der Waals surface area contributed by atoms with Crippen molar-refractivity contribution in [1.29, 1.82) is 0 Å². The van der Waals surface area contributed by atoms with Crippen molar-refractivity contribution >= 4 is 46.0 Å². The van der Waals surface area contributed by atoms with Crippen LogP contribution < -0.4 is 11.1 Å². The van der Waals surface area contributed by atoms with E-state index in [1.165, 1.54) is 0 Å². The lowest BCUT2D eigenvalue weighted by Gasteiger charge is -2.24. The van der Waals surface area contributed by atoms with Crippen LogP contribution in [0, 0.1) is 11.3 Å². The molecule has 2 amide bonds. The highest BCUT2D eigenvalue weighted by Crippen LogP contribution is 2.58. The molecular formula is C20H24ClN5O3. The van der Waals surface area contributed by atoms with Crippen molar-refractivity contribution in [3.63, 3.8) is 0 Å². The summed E-state index contributed by atoms with van der Waals surface area (Å²) in [6, 6.07) is 3.41. The highest BCUT2D eigenvalue weighted by atomic mass is 35.5. The lowest BCUT2D eigenvalue weighted by Crippen LogP contribution is -2.35. The minimum Gasteiger partial charge on any atom is -0.444 e.